The highest BCUT2D eigenvalue weighted by Gasteiger charge is 2.34. The van der Waals surface area contributed by atoms with Crippen LogP contribution in [0.5, 0.6) is 5.75 Å². The summed E-state index contributed by atoms with van der Waals surface area (Å²) in [7, 11) is 0. The van der Waals surface area contributed by atoms with Gasteiger partial charge in [-0.05, 0) is 37.6 Å². The zero-order chi connectivity index (χ0) is 10.9. The van der Waals surface area contributed by atoms with Gasteiger partial charge in [-0.15, -0.1) is 0 Å². The molecule has 1 heterocycles. The molecule has 80 valence electrons. The van der Waals surface area contributed by atoms with E-state index in [1.165, 1.54) is 18.2 Å². The largest absolute Gasteiger partial charge is 0.508 e. The smallest absolute Gasteiger partial charge is 0.150 e. The van der Waals surface area contributed by atoms with Crippen molar-refractivity contribution in [1.29, 1.82) is 0 Å². The van der Waals surface area contributed by atoms with Crippen molar-refractivity contribution in [2.75, 3.05) is 6.54 Å². The predicted molar refractivity (Wildman–Crippen MR) is 54.6 cm³/mol. The van der Waals surface area contributed by atoms with Crippen molar-refractivity contribution in [1.82, 2.24) is 5.32 Å². The minimum Gasteiger partial charge on any atom is -0.508 e. The van der Waals surface area contributed by atoms with Gasteiger partial charge in [0.15, 0.2) is 0 Å². The normalized spacial score (nSPS) is 25.4. The van der Waals surface area contributed by atoms with Gasteiger partial charge in [-0.2, -0.15) is 0 Å². The zero-order valence-electron chi connectivity index (χ0n) is 8.23. The average molecular weight is 207 g/mol. The van der Waals surface area contributed by atoms with Crippen molar-refractivity contribution in [3.05, 3.63) is 29.3 Å². The number of aromatic hydroxyl groups is 1. The van der Waals surface area contributed by atoms with Gasteiger partial charge in [0, 0.05) is 11.1 Å². The van der Waals surface area contributed by atoms with Gasteiger partial charge in [-0.1, -0.05) is 0 Å². The number of hydrogen-bond donors (Lipinski definition) is 3. The van der Waals surface area contributed by atoms with E-state index >= 15 is 0 Å². The SMILES string of the molecule is O=Cc1ccc(O)c([C@]2(O)CCCN2)c1. The number of phenols is 1. The Bertz CT molecular complexity index is 383. The van der Waals surface area contributed by atoms with Crippen molar-refractivity contribution >= 4 is 6.29 Å². The molecular weight excluding hydrogens is 194 g/mol. The number of rotatable bonds is 2. The fraction of sp³-hybridized carbons (Fsp3) is 0.364. The van der Waals surface area contributed by atoms with Crippen LogP contribution in [-0.4, -0.2) is 23.0 Å². The molecule has 15 heavy (non-hydrogen) atoms. The molecular formula is C11H13NO3. The molecule has 1 atom stereocenters. The number of aliphatic hydroxyl groups is 1. The van der Waals surface area contributed by atoms with Gasteiger partial charge in [-0.3, -0.25) is 10.1 Å². The molecule has 0 amide bonds. The second kappa shape index (κ2) is 3.64. The van der Waals surface area contributed by atoms with E-state index in [-0.39, 0.29) is 5.75 Å². The Labute approximate surface area is 87.6 Å². The molecule has 1 aromatic carbocycles. The van der Waals surface area contributed by atoms with Crippen LogP contribution in [0.3, 0.4) is 0 Å². The Morgan fingerprint density at radius 3 is 2.87 bits per heavy atom. The second-order valence-electron chi connectivity index (χ2n) is 3.79. The van der Waals surface area contributed by atoms with Crippen LogP contribution in [0.25, 0.3) is 0 Å². The summed E-state index contributed by atoms with van der Waals surface area (Å²) in [5.74, 6) is 0.0116. The van der Waals surface area contributed by atoms with E-state index in [1.54, 1.807) is 0 Å². The molecule has 0 spiro atoms. The Morgan fingerprint density at radius 2 is 2.27 bits per heavy atom. The van der Waals surface area contributed by atoms with Gasteiger partial charge in [0.1, 0.15) is 17.8 Å². The second-order valence-corrected chi connectivity index (χ2v) is 3.79. The van der Waals surface area contributed by atoms with Crippen LogP contribution < -0.4 is 5.32 Å². The van der Waals surface area contributed by atoms with E-state index in [1.807, 2.05) is 0 Å². The first-order valence-corrected chi connectivity index (χ1v) is 4.92. The predicted octanol–water partition coefficient (Wildman–Crippen LogP) is 0.733. The van der Waals surface area contributed by atoms with Gasteiger partial charge in [0.05, 0.1) is 0 Å². The highest BCUT2D eigenvalue weighted by molar-refractivity contribution is 5.75. The molecule has 1 aliphatic rings. The molecule has 0 radical (unpaired) electrons. The van der Waals surface area contributed by atoms with Crippen LogP contribution in [0.4, 0.5) is 0 Å². The molecule has 1 aromatic rings. The van der Waals surface area contributed by atoms with Crippen LogP contribution in [0.15, 0.2) is 18.2 Å². The molecule has 1 saturated heterocycles. The third kappa shape index (κ3) is 1.73. The number of carbonyl (C=O) groups excluding carboxylic acids is 1. The van der Waals surface area contributed by atoms with Crippen LogP contribution >= 0.6 is 0 Å². The first-order valence-electron chi connectivity index (χ1n) is 4.92. The topological polar surface area (TPSA) is 69.6 Å². The number of nitrogens with one attached hydrogen (secondary N) is 1. The van der Waals surface area contributed by atoms with Gasteiger partial charge >= 0.3 is 0 Å². The number of benzene rings is 1. The first kappa shape index (κ1) is 10.1. The van der Waals surface area contributed by atoms with Crippen LogP contribution in [0, 0.1) is 0 Å². The van der Waals surface area contributed by atoms with E-state index in [0.29, 0.717) is 30.4 Å². The fourth-order valence-corrected chi connectivity index (χ4v) is 1.92. The summed E-state index contributed by atoms with van der Waals surface area (Å²) >= 11 is 0. The lowest BCUT2D eigenvalue weighted by molar-refractivity contribution is 0.0185. The number of hydrogen-bond acceptors (Lipinski definition) is 4. The highest BCUT2D eigenvalue weighted by atomic mass is 16.3. The van der Waals surface area contributed by atoms with Gasteiger partial charge in [-0.25, -0.2) is 0 Å². The van der Waals surface area contributed by atoms with Crippen molar-refractivity contribution < 1.29 is 15.0 Å². The van der Waals surface area contributed by atoms with E-state index < -0.39 is 5.72 Å². The van der Waals surface area contributed by atoms with E-state index in [9.17, 15) is 15.0 Å². The first-order chi connectivity index (χ1) is 7.15. The van der Waals surface area contributed by atoms with Crippen LogP contribution in [0.2, 0.25) is 0 Å². The molecule has 0 aromatic heterocycles. The molecule has 2 rings (SSSR count). The van der Waals surface area contributed by atoms with Gasteiger partial charge < -0.3 is 10.2 Å². The lowest BCUT2D eigenvalue weighted by Gasteiger charge is -2.24. The highest BCUT2D eigenvalue weighted by Crippen LogP contribution is 2.34. The molecule has 1 fully saturated rings. The number of carbonyl (C=O) groups is 1. The molecule has 1 aliphatic heterocycles. The minimum absolute atomic E-state index is 0.0116. The van der Waals surface area contributed by atoms with Crippen LogP contribution in [0.1, 0.15) is 28.8 Å². The van der Waals surface area contributed by atoms with Gasteiger partial charge in [0.25, 0.3) is 0 Å². The third-order valence-corrected chi connectivity index (χ3v) is 2.74. The monoisotopic (exact) mass is 207 g/mol. The molecule has 3 N–H and O–H groups in total. The summed E-state index contributed by atoms with van der Waals surface area (Å²) in [6, 6.07) is 4.46. The standard InChI is InChI=1S/C11H13NO3/c13-7-8-2-3-10(14)9(6-8)11(15)4-1-5-12-11/h2-3,6-7,12,14-15H,1,4-5H2/t11-/m1/s1. The zero-order valence-corrected chi connectivity index (χ0v) is 8.23. The quantitative estimate of drug-likeness (QED) is 0.625. The number of aldehydes is 1. The maximum atomic E-state index is 10.6. The fourth-order valence-electron chi connectivity index (χ4n) is 1.92. The van der Waals surface area contributed by atoms with Crippen molar-refractivity contribution in [3.63, 3.8) is 0 Å². The van der Waals surface area contributed by atoms with E-state index in [2.05, 4.69) is 5.32 Å². The molecule has 0 unspecified atom stereocenters. The third-order valence-electron chi connectivity index (χ3n) is 2.74. The van der Waals surface area contributed by atoms with E-state index in [0.717, 1.165) is 6.42 Å². The van der Waals surface area contributed by atoms with Crippen molar-refractivity contribution in [3.8, 4) is 5.75 Å². The van der Waals surface area contributed by atoms with Crippen molar-refractivity contribution in [2.24, 2.45) is 0 Å². The van der Waals surface area contributed by atoms with Gasteiger partial charge in [0.2, 0.25) is 0 Å². The molecule has 4 nitrogen and oxygen atoms in total. The summed E-state index contributed by atoms with van der Waals surface area (Å²) in [4.78, 5) is 10.6. The van der Waals surface area contributed by atoms with Crippen LogP contribution in [-0.2, 0) is 5.72 Å². The Balaban J connectivity index is 2.45. The lowest BCUT2D eigenvalue weighted by Crippen LogP contribution is -2.36. The summed E-state index contributed by atoms with van der Waals surface area (Å²) in [6.45, 7) is 0.710. The molecule has 0 saturated carbocycles. The minimum atomic E-state index is -1.19. The summed E-state index contributed by atoms with van der Waals surface area (Å²) in [5, 5.41) is 22.7. The summed E-state index contributed by atoms with van der Waals surface area (Å²) in [5.41, 5.74) is -0.363. The Morgan fingerprint density at radius 1 is 1.47 bits per heavy atom. The van der Waals surface area contributed by atoms with Crippen molar-refractivity contribution in [2.45, 2.75) is 18.6 Å². The molecule has 0 aliphatic carbocycles. The summed E-state index contributed by atoms with van der Waals surface area (Å²) < 4.78 is 0. The lowest BCUT2D eigenvalue weighted by atomic mass is 9.98. The maximum Gasteiger partial charge on any atom is 0.150 e. The van der Waals surface area contributed by atoms with E-state index in [4.69, 9.17) is 0 Å². The number of phenolic OH excluding ortho intramolecular Hbond substituents is 1. The Hall–Kier alpha value is -1.39. The maximum absolute atomic E-state index is 10.6. The Kier molecular flexibility index (Phi) is 2.46. The average Bonchev–Trinajstić information content (AvgIpc) is 2.67. The molecule has 4 heteroatoms. The molecule has 0 bridgehead atoms. The summed E-state index contributed by atoms with van der Waals surface area (Å²) in [6.07, 6.45) is 2.09.